The van der Waals surface area contributed by atoms with Crippen LogP contribution in [0.1, 0.15) is 26.4 Å². The quantitative estimate of drug-likeness (QED) is 0.263. The Labute approximate surface area is 175 Å². The number of nitro groups is 1. The van der Waals surface area contributed by atoms with E-state index in [1.807, 2.05) is 0 Å². The van der Waals surface area contributed by atoms with E-state index in [-0.39, 0.29) is 28.4 Å². The van der Waals surface area contributed by atoms with Gasteiger partial charge in [-0.2, -0.15) is 0 Å². The Morgan fingerprint density at radius 3 is 2.40 bits per heavy atom. The van der Waals surface area contributed by atoms with E-state index in [9.17, 15) is 19.7 Å². The number of nitrogens with one attached hydrogen (secondary N) is 2. The van der Waals surface area contributed by atoms with Crippen molar-refractivity contribution in [2.24, 2.45) is 0 Å². The fourth-order valence-electron chi connectivity index (χ4n) is 3.21. The summed E-state index contributed by atoms with van der Waals surface area (Å²) in [4.78, 5) is 39.7. The summed E-state index contributed by atoms with van der Waals surface area (Å²) in [5, 5.41) is 15.0. The highest BCUT2D eigenvalue weighted by Crippen LogP contribution is 2.32. The average molecular weight is 420 g/mol. The maximum atomic E-state index is 13.1. The molecule has 0 unspecified atom stereocenters. The Morgan fingerprint density at radius 1 is 0.967 bits per heavy atom. The number of benzene rings is 3. The van der Waals surface area contributed by atoms with Crippen LogP contribution >= 0.6 is 11.6 Å². The van der Waals surface area contributed by atoms with Gasteiger partial charge in [0.2, 0.25) is 5.78 Å². The van der Waals surface area contributed by atoms with Gasteiger partial charge < -0.3 is 10.3 Å². The second-order valence-electron chi connectivity index (χ2n) is 6.49. The van der Waals surface area contributed by atoms with Crippen molar-refractivity contribution in [2.45, 2.75) is 0 Å². The predicted octanol–water partition coefficient (Wildman–Crippen LogP) is 5.21. The number of aromatic amines is 1. The topological polar surface area (TPSA) is 105 Å². The third-order valence-electron chi connectivity index (χ3n) is 4.61. The van der Waals surface area contributed by atoms with E-state index in [4.69, 9.17) is 11.6 Å². The first-order valence-electron chi connectivity index (χ1n) is 8.91. The van der Waals surface area contributed by atoms with Crippen LogP contribution in [0.4, 0.5) is 11.4 Å². The number of carbonyl (C=O) groups excluding carboxylic acids is 2. The van der Waals surface area contributed by atoms with E-state index in [1.165, 1.54) is 24.3 Å². The van der Waals surface area contributed by atoms with Gasteiger partial charge in [0.1, 0.15) is 11.3 Å². The van der Waals surface area contributed by atoms with Crippen molar-refractivity contribution in [1.82, 2.24) is 4.98 Å². The van der Waals surface area contributed by atoms with Crippen LogP contribution in [0.25, 0.3) is 10.9 Å². The summed E-state index contributed by atoms with van der Waals surface area (Å²) in [6.45, 7) is 0. The molecule has 30 heavy (non-hydrogen) atoms. The van der Waals surface area contributed by atoms with Crippen LogP contribution in [-0.4, -0.2) is 21.6 Å². The zero-order valence-electron chi connectivity index (χ0n) is 15.4. The first kappa shape index (κ1) is 19.4. The largest absolute Gasteiger partial charge is 0.350 e. The molecule has 1 aromatic heterocycles. The smallest absolute Gasteiger partial charge is 0.282 e. The number of nitro benzene ring substituents is 1. The van der Waals surface area contributed by atoms with Crippen LogP contribution in [0.15, 0.2) is 72.8 Å². The molecule has 0 saturated heterocycles. The van der Waals surface area contributed by atoms with E-state index in [0.29, 0.717) is 21.5 Å². The number of aromatic nitrogens is 1. The number of rotatable bonds is 5. The van der Waals surface area contributed by atoms with Gasteiger partial charge in [0.25, 0.3) is 11.6 Å². The molecule has 4 rings (SSSR count). The molecule has 4 aromatic rings. The Balaban J connectivity index is 1.83. The fraction of sp³-hybridized carbons (Fsp3) is 0. The third kappa shape index (κ3) is 3.54. The van der Waals surface area contributed by atoms with Gasteiger partial charge in [-0.15, -0.1) is 0 Å². The SMILES string of the molecule is O=C(Nc1c(C(=O)c2ccccc2)[nH]c2cc(Cl)ccc12)c1ccccc1[N+](=O)[O-]. The number of carbonyl (C=O) groups is 2. The summed E-state index contributed by atoms with van der Waals surface area (Å²) in [5.41, 5.74) is 0.942. The van der Waals surface area contributed by atoms with Gasteiger partial charge in [0.15, 0.2) is 0 Å². The van der Waals surface area contributed by atoms with Crippen LogP contribution in [0.3, 0.4) is 0 Å². The maximum absolute atomic E-state index is 13.1. The molecule has 148 valence electrons. The van der Waals surface area contributed by atoms with E-state index >= 15 is 0 Å². The summed E-state index contributed by atoms with van der Waals surface area (Å²) in [6.07, 6.45) is 0. The monoisotopic (exact) mass is 419 g/mol. The molecule has 2 N–H and O–H groups in total. The molecule has 0 saturated carbocycles. The molecular weight excluding hydrogens is 406 g/mol. The van der Waals surface area contributed by atoms with Crippen molar-refractivity contribution in [1.29, 1.82) is 0 Å². The zero-order chi connectivity index (χ0) is 21.3. The van der Waals surface area contributed by atoms with Crippen molar-refractivity contribution < 1.29 is 14.5 Å². The first-order valence-corrected chi connectivity index (χ1v) is 9.29. The molecule has 1 heterocycles. The lowest BCUT2D eigenvalue weighted by atomic mass is 10.1. The summed E-state index contributed by atoms with van der Waals surface area (Å²) in [7, 11) is 0. The molecule has 0 radical (unpaired) electrons. The minimum Gasteiger partial charge on any atom is -0.350 e. The Bertz CT molecular complexity index is 1300. The van der Waals surface area contributed by atoms with Crippen molar-refractivity contribution in [3.8, 4) is 0 Å². The van der Waals surface area contributed by atoms with Gasteiger partial charge in [-0.1, -0.05) is 54.1 Å². The van der Waals surface area contributed by atoms with Gasteiger partial charge in [0, 0.05) is 27.6 Å². The number of fused-ring (bicyclic) bond motifs is 1. The fourth-order valence-corrected chi connectivity index (χ4v) is 3.38. The van der Waals surface area contributed by atoms with Gasteiger partial charge in [-0.3, -0.25) is 19.7 Å². The standard InChI is InChI=1S/C22H14ClN3O4/c23-14-10-11-15-17(12-14)24-20(21(27)13-6-2-1-3-7-13)19(15)25-22(28)16-8-4-5-9-18(16)26(29)30/h1-12,24H,(H,25,28). The second-order valence-corrected chi connectivity index (χ2v) is 6.92. The number of anilines is 1. The number of para-hydroxylation sites is 1. The molecule has 0 spiro atoms. The lowest BCUT2D eigenvalue weighted by molar-refractivity contribution is -0.385. The van der Waals surface area contributed by atoms with Crippen LogP contribution in [0.5, 0.6) is 0 Å². The van der Waals surface area contributed by atoms with Crippen molar-refractivity contribution in [3.63, 3.8) is 0 Å². The highest BCUT2D eigenvalue weighted by atomic mass is 35.5. The maximum Gasteiger partial charge on any atom is 0.282 e. The number of nitrogens with zero attached hydrogens (tertiary/aromatic N) is 1. The minimum atomic E-state index is -0.694. The Kier molecular flexibility index (Phi) is 5.04. The van der Waals surface area contributed by atoms with E-state index in [1.54, 1.807) is 48.5 Å². The molecule has 1 amide bonds. The lowest BCUT2D eigenvalue weighted by Crippen LogP contribution is -2.16. The Morgan fingerprint density at radius 2 is 1.67 bits per heavy atom. The average Bonchev–Trinajstić information content (AvgIpc) is 3.10. The molecule has 0 aliphatic carbocycles. The molecule has 0 aliphatic rings. The molecular formula is C22H14ClN3O4. The molecule has 0 bridgehead atoms. The molecule has 0 aliphatic heterocycles. The van der Waals surface area contributed by atoms with Gasteiger partial charge >= 0.3 is 0 Å². The normalized spacial score (nSPS) is 10.7. The number of halogens is 1. The molecule has 8 heteroatoms. The number of amides is 1. The number of hydrogen-bond acceptors (Lipinski definition) is 4. The summed E-state index contributed by atoms with van der Waals surface area (Å²) in [6, 6.07) is 19.1. The van der Waals surface area contributed by atoms with Crippen molar-refractivity contribution in [2.75, 3.05) is 5.32 Å². The zero-order valence-corrected chi connectivity index (χ0v) is 16.1. The van der Waals surface area contributed by atoms with Crippen LogP contribution in [0.2, 0.25) is 5.02 Å². The molecule has 7 nitrogen and oxygen atoms in total. The lowest BCUT2D eigenvalue weighted by Gasteiger charge is -2.08. The van der Waals surface area contributed by atoms with Crippen LogP contribution < -0.4 is 5.32 Å². The first-order chi connectivity index (χ1) is 14.5. The number of hydrogen-bond donors (Lipinski definition) is 2. The van der Waals surface area contributed by atoms with Crippen molar-refractivity contribution >= 4 is 45.6 Å². The van der Waals surface area contributed by atoms with E-state index < -0.39 is 10.8 Å². The Hall–Kier alpha value is -3.97. The molecule has 3 aromatic carbocycles. The molecule has 0 atom stereocenters. The predicted molar refractivity (Wildman–Crippen MR) is 114 cm³/mol. The number of H-pyrrole nitrogens is 1. The summed E-state index contributed by atoms with van der Waals surface area (Å²) in [5.74, 6) is -1.03. The van der Waals surface area contributed by atoms with Crippen LogP contribution in [-0.2, 0) is 0 Å². The van der Waals surface area contributed by atoms with Crippen LogP contribution in [0, 0.1) is 10.1 Å². The minimum absolute atomic E-state index is 0.107. The van der Waals surface area contributed by atoms with Crippen molar-refractivity contribution in [3.05, 3.63) is 105 Å². The van der Waals surface area contributed by atoms with Gasteiger partial charge in [-0.25, -0.2) is 0 Å². The highest BCUT2D eigenvalue weighted by Gasteiger charge is 2.24. The van der Waals surface area contributed by atoms with E-state index in [2.05, 4.69) is 10.3 Å². The van der Waals surface area contributed by atoms with Gasteiger partial charge in [0.05, 0.1) is 10.6 Å². The summed E-state index contributed by atoms with van der Waals surface area (Å²) < 4.78 is 0. The summed E-state index contributed by atoms with van der Waals surface area (Å²) >= 11 is 6.07. The highest BCUT2D eigenvalue weighted by molar-refractivity contribution is 6.31. The third-order valence-corrected chi connectivity index (χ3v) is 4.84. The van der Waals surface area contributed by atoms with E-state index in [0.717, 1.165) is 0 Å². The van der Waals surface area contributed by atoms with Gasteiger partial charge in [-0.05, 0) is 24.3 Å². The number of ketones is 1. The second kappa shape index (κ2) is 7.81. The molecule has 0 fully saturated rings.